The molecule has 9 nitrogen and oxygen atoms in total. The SMILES string of the molecule is COc1cccc(F)c1-c1ccc(C(=O)NS(=O)(=O)c2cccc(N)n2)c(Oc2c(C)cc(C)cc2C)n1. The highest BCUT2D eigenvalue weighted by Gasteiger charge is 2.25. The number of aryl methyl sites for hydroxylation is 3. The molecule has 0 unspecified atom stereocenters. The van der Waals surface area contributed by atoms with Gasteiger partial charge in [0.2, 0.25) is 5.88 Å². The number of nitrogens with zero attached hydrogens (tertiary/aromatic N) is 2. The highest BCUT2D eigenvalue weighted by atomic mass is 32.2. The first-order valence-corrected chi connectivity index (χ1v) is 12.9. The fourth-order valence-electron chi connectivity index (χ4n) is 3.99. The lowest BCUT2D eigenvalue weighted by Crippen LogP contribution is -2.31. The number of hydrogen-bond donors (Lipinski definition) is 2. The van der Waals surface area contributed by atoms with E-state index in [0.29, 0.717) is 5.75 Å². The van der Waals surface area contributed by atoms with Gasteiger partial charge in [-0.15, -0.1) is 0 Å². The average molecular weight is 537 g/mol. The van der Waals surface area contributed by atoms with Crippen LogP contribution in [0.3, 0.4) is 0 Å². The molecule has 0 atom stereocenters. The molecular weight excluding hydrogens is 511 g/mol. The van der Waals surface area contributed by atoms with Gasteiger partial charge >= 0.3 is 0 Å². The third kappa shape index (κ3) is 5.42. The monoisotopic (exact) mass is 536 g/mol. The quantitative estimate of drug-likeness (QED) is 0.347. The van der Waals surface area contributed by atoms with Crippen LogP contribution in [0, 0.1) is 26.6 Å². The maximum atomic E-state index is 14.8. The number of nitrogens with one attached hydrogen (secondary N) is 1. The maximum absolute atomic E-state index is 14.8. The summed E-state index contributed by atoms with van der Waals surface area (Å²) in [6.07, 6.45) is 0. The second kappa shape index (κ2) is 10.5. The number of nitrogens with two attached hydrogens (primary N) is 1. The van der Waals surface area contributed by atoms with Crippen LogP contribution in [0.5, 0.6) is 17.4 Å². The van der Waals surface area contributed by atoms with Crippen molar-refractivity contribution >= 4 is 21.7 Å². The van der Waals surface area contributed by atoms with E-state index in [4.69, 9.17) is 15.2 Å². The summed E-state index contributed by atoms with van der Waals surface area (Å²) in [5, 5.41) is -0.431. The third-order valence-electron chi connectivity index (χ3n) is 5.61. The Bertz CT molecular complexity index is 1630. The molecule has 0 fully saturated rings. The van der Waals surface area contributed by atoms with Gasteiger partial charge in [-0.2, -0.15) is 8.42 Å². The first kappa shape index (κ1) is 26.6. The molecule has 4 rings (SSSR count). The highest BCUT2D eigenvalue weighted by molar-refractivity contribution is 7.90. The molecule has 0 aliphatic rings. The Morgan fingerprint density at radius 2 is 1.66 bits per heavy atom. The summed E-state index contributed by atoms with van der Waals surface area (Å²) in [5.41, 5.74) is 8.11. The van der Waals surface area contributed by atoms with E-state index >= 15 is 0 Å². The van der Waals surface area contributed by atoms with Gasteiger partial charge in [0, 0.05) is 0 Å². The molecule has 0 spiro atoms. The number of carbonyl (C=O) groups is 1. The van der Waals surface area contributed by atoms with Crippen LogP contribution >= 0.6 is 0 Å². The summed E-state index contributed by atoms with van der Waals surface area (Å²) in [7, 11) is -2.98. The van der Waals surface area contributed by atoms with Gasteiger partial charge in [-0.25, -0.2) is 19.1 Å². The van der Waals surface area contributed by atoms with Crippen LogP contribution in [0.2, 0.25) is 0 Å². The Kier molecular flexibility index (Phi) is 7.31. The van der Waals surface area contributed by atoms with Crippen molar-refractivity contribution in [2.24, 2.45) is 0 Å². The van der Waals surface area contributed by atoms with E-state index in [0.717, 1.165) is 16.7 Å². The molecule has 1 amide bonds. The molecule has 0 aliphatic carbocycles. The number of benzene rings is 2. The predicted molar refractivity (Wildman–Crippen MR) is 140 cm³/mol. The minimum absolute atomic E-state index is 0.0282. The van der Waals surface area contributed by atoms with Crippen LogP contribution in [0.25, 0.3) is 11.3 Å². The normalized spacial score (nSPS) is 11.2. The maximum Gasteiger partial charge on any atom is 0.281 e. The number of halogens is 1. The number of aromatic nitrogens is 2. The van der Waals surface area contributed by atoms with Gasteiger partial charge in [-0.05, 0) is 68.3 Å². The minimum Gasteiger partial charge on any atom is -0.496 e. The highest BCUT2D eigenvalue weighted by Crippen LogP contribution is 2.36. The molecular formula is C27H25FN4O5S. The smallest absolute Gasteiger partial charge is 0.281 e. The Balaban J connectivity index is 1.83. The lowest BCUT2D eigenvalue weighted by atomic mass is 10.1. The molecule has 0 bridgehead atoms. The number of ether oxygens (including phenoxy) is 2. The Morgan fingerprint density at radius 3 is 2.32 bits per heavy atom. The molecule has 0 saturated heterocycles. The number of anilines is 1. The molecule has 2 aromatic carbocycles. The Hall–Kier alpha value is -4.51. The number of methoxy groups -OCH3 is 1. The lowest BCUT2D eigenvalue weighted by Gasteiger charge is -2.16. The zero-order chi connectivity index (χ0) is 27.6. The Morgan fingerprint density at radius 1 is 0.974 bits per heavy atom. The standard InChI is InChI=1S/C27H25FN4O5S/c1-15-13-16(2)25(17(3)14-15)37-27-18(26(33)32-38(34,35)23-10-6-9-22(29)31-23)11-12-20(30-27)24-19(28)7-5-8-21(24)36-4/h5-14H,1-4H3,(H2,29,31)(H,32,33). The van der Waals surface area contributed by atoms with E-state index in [-0.39, 0.29) is 34.3 Å². The largest absolute Gasteiger partial charge is 0.496 e. The summed E-state index contributed by atoms with van der Waals surface area (Å²) in [6.45, 7) is 5.59. The molecule has 0 radical (unpaired) electrons. The Labute approximate surface area is 219 Å². The summed E-state index contributed by atoms with van der Waals surface area (Å²) >= 11 is 0. The molecule has 11 heteroatoms. The van der Waals surface area contributed by atoms with Crippen molar-refractivity contribution in [3.8, 4) is 28.6 Å². The van der Waals surface area contributed by atoms with Crippen LogP contribution in [0.4, 0.5) is 10.2 Å². The predicted octanol–water partition coefficient (Wildman–Crippen LogP) is 4.71. The molecule has 2 heterocycles. The first-order chi connectivity index (χ1) is 18.0. The average Bonchev–Trinajstić information content (AvgIpc) is 2.85. The summed E-state index contributed by atoms with van der Waals surface area (Å²) in [4.78, 5) is 21.4. The van der Waals surface area contributed by atoms with Crippen LogP contribution < -0.4 is 19.9 Å². The van der Waals surface area contributed by atoms with E-state index in [1.54, 1.807) is 6.07 Å². The van der Waals surface area contributed by atoms with Gasteiger partial charge < -0.3 is 15.2 Å². The van der Waals surface area contributed by atoms with Crippen LogP contribution in [-0.4, -0.2) is 31.4 Å². The van der Waals surface area contributed by atoms with Gasteiger partial charge in [0.25, 0.3) is 15.9 Å². The first-order valence-electron chi connectivity index (χ1n) is 11.4. The van der Waals surface area contributed by atoms with E-state index < -0.39 is 26.8 Å². The lowest BCUT2D eigenvalue weighted by molar-refractivity contribution is 0.0978. The number of nitrogen functional groups attached to an aromatic ring is 1. The number of amides is 1. The molecule has 196 valence electrons. The summed E-state index contributed by atoms with van der Waals surface area (Å²) in [6, 6.07) is 14.8. The van der Waals surface area contributed by atoms with Crippen molar-refractivity contribution in [1.82, 2.24) is 14.7 Å². The van der Waals surface area contributed by atoms with Gasteiger partial charge in [0.15, 0.2) is 5.03 Å². The van der Waals surface area contributed by atoms with Crippen LogP contribution in [0.15, 0.2) is 65.7 Å². The number of hydrogen-bond acceptors (Lipinski definition) is 8. The zero-order valence-electron chi connectivity index (χ0n) is 21.1. The fourth-order valence-corrected chi connectivity index (χ4v) is 4.93. The number of pyridine rings is 2. The second-order valence-corrected chi connectivity index (χ2v) is 10.2. The van der Waals surface area contributed by atoms with Crippen LogP contribution in [0.1, 0.15) is 27.0 Å². The van der Waals surface area contributed by atoms with E-state index in [9.17, 15) is 17.6 Å². The summed E-state index contributed by atoms with van der Waals surface area (Å²) < 4.78 is 53.8. The van der Waals surface area contributed by atoms with Gasteiger partial charge in [-0.1, -0.05) is 29.8 Å². The second-order valence-electron chi connectivity index (χ2n) is 8.53. The minimum atomic E-state index is -4.38. The number of carbonyl (C=O) groups excluding carboxylic acids is 1. The zero-order valence-corrected chi connectivity index (χ0v) is 21.9. The number of rotatable bonds is 7. The molecule has 38 heavy (non-hydrogen) atoms. The van der Waals surface area contributed by atoms with Crippen molar-refractivity contribution in [2.45, 2.75) is 25.8 Å². The topological polar surface area (TPSA) is 134 Å². The van der Waals surface area contributed by atoms with Gasteiger partial charge in [0.05, 0.1) is 18.4 Å². The van der Waals surface area contributed by atoms with E-state index in [1.807, 2.05) is 37.6 Å². The molecule has 3 N–H and O–H groups in total. The van der Waals surface area contributed by atoms with E-state index in [2.05, 4.69) is 9.97 Å². The van der Waals surface area contributed by atoms with E-state index in [1.165, 1.54) is 49.6 Å². The third-order valence-corrected chi connectivity index (χ3v) is 6.84. The summed E-state index contributed by atoms with van der Waals surface area (Å²) in [5.74, 6) is -1.23. The van der Waals surface area contributed by atoms with Crippen LogP contribution in [-0.2, 0) is 10.0 Å². The number of sulfonamides is 1. The van der Waals surface area contributed by atoms with Gasteiger partial charge in [0.1, 0.15) is 28.7 Å². The fraction of sp³-hybridized carbons (Fsp3) is 0.148. The molecule has 2 aromatic heterocycles. The van der Waals surface area contributed by atoms with Crippen molar-refractivity contribution in [3.63, 3.8) is 0 Å². The van der Waals surface area contributed by atoms with Crippen molar-refractivity contribution in [1.29, 1.82) is 0 Å². The van der Waals surface area contributed by atoms with Gasteiger partial charge in [-0.3, -0.25) is 4.79 Å². The van der Waals surface area contributed by atoms with Crippen molar-refractivity contribution in [3.05, 3.63) is 88.7 Å². The molecule has 4 aromatic rings. The van der Waals surface area contributed by atoms with Crippen molar-refractivity contribution < 1.29 is 27.1 Å². The molecule has 0 aliphatic heterocycles. The van der Waals surface area contributed by atoms with Crippen molar-refractivity contribution in [2.75, 3.05) is 12.8 Å². The molecule has 0 saturated carbocycles.